The van der Waals surface area contributed by atoms with Crippen molar-refractivity contribution in [1.82, 2.24) is 10.4 Å². The fourth-order valence-electron chi connectivity index (χ4n) is 2.39. The molecule has 1 unspecified atom stereocenters. The molecule has 1 fully saturated rings. The van der Waals surface area contributed by atoms with Crippen molar-refractivity contribution >= 4 is 23.9 Å². The summed E-state index contributed by atoms with van der Waals surface area (Å²) in [5.41, 5.74) is -0.441. The number of amides is 3. The summed E-state index contributed by atoms with van der Waals surface area (Å²) in [4.78, 5) is 52.7. The number of hydroxylamine groups is 2. The molecule has 1 aromatic carbocycles. The zero-order valence-corrected chi connectivity index (χ0v) is 15.7. The summed E-state index contributed by atoms with van der Waals surface area (Å²) in [6.07, 6.45) is -1.19. The monoisotopic (exact) mass is 394 g/mol. The molecule has 1 aromatic rings. The number of hydrogen-bond acceptors (Lipinski definition) is 8. The molecule has 3 N–H and O–H groups in total. The molecule has 3 amide bonds. The third kappa shape index (κ3) is 5.60. The van der Waals surface area contributed by atoms with E-state index in [1.807, 2.05) is 0 Å². The van der Waals surface area contributed by atoms with Gasteiger partial charge in [0.15, 0.2) is 11.5 Å². The molecule has 0 aliphatic carbocycles. The molecule has 0 bridgehead atoms. The first kappa shape index (κ1) is 21.0. The molecule has 10 heteroatoms. The maximum absolute atomic E-state index is 12.5. The first-order valence-electron chi connectivity index (χ1n) is 8.54. The zero-order chi connectivity index (χ0) is 21.1. The van der Waals surface area contributed by atoms with E-state index in [9.17, 15) is 29.4 Å². The number of aromatic hydroxyl groups is 2. The molecule has 0 spiro atoms. The smallest absolute Gasteiger partial charge is 0.408 e. The van der Waals surface area contributed by atoms with Gasteiger partial charge in [-0.3, -0.25) is 9.59 Å². The van der Waals surface area contributed by atoms with Crippen LogP contribution in [0.2, 0.25) is 0 Å². The Morgan fingerprint density at radius 2 is 1.75 bits per heavy atom. The van der Waals surface area contributed by atoms with Crippen LogP contribution in [-0.2, 0) is 30.4 Å². The highest BCUT2D eigenvalue weighted by atomic mass is 16.7. The Labute approximate surface area is 161 Å². The lowest BCUT2D eigenvalue weighted by atomic mass is 10.1. The van der Waals surface area contributed by atoms with Crippen molar-refractivity contribution in [3.05, 3.63) is 23.8 Å². The second-order valence-corrected chi connectivity index (χ2v) is 7.22. The quantitative estimate of drug-likeness (QED) is 0.498. The number of imide groups is 1. The van der Waals surface area contributed by atoms with Gasteiger partial charge in [-0.05, 0) is 38.5 Å². The highest BCUT2D eigenvalue weighted by Gasteiger charge is 2.36. The van der Waals surface area contributed by atoms with E-state index >= 15 is 0 Å². The molecule has 1 heterocycles. The summed E-state index contributed by atoms with van der Waals surface area (Å²) in [7, 11) is 0. The van der Waals surface area contributed by atoms with E-state index in [0.29, 0.717) is 10.6 Å². The minimum atomic E-state index is -1.32. The lowest BCUT2D eigenvalue weighted by Gasteiger charge is -2.23. The average Bonchev–Trinajstić information content (AvgIpc) is 2.87. The number of carbonyl (C=O) groups is 4. The van der Waals surface area contributed by atoms with Crippen LogP contribution >= 0.6 is 0 Å². The summed E-state index contributed by atoms with van der Waals surface area (Å²) >= 11 is 0. The van der Waals surface area contributed by atoms with Crippen LogP contribution in [0.25, 0.3) is 0 Å². The predicted molar refractivity (Wildman–Crippen MR) is 93.8 cm³/mol. The number of ether oxygens (including phenoxy) is 1. The average molecular weight is 394 g/mol. The van der Waals surface area contributed by atoms with Crippen molar-refractivity contribution < 1.29 is 39.0 Å². The number of nitrogens with zero attached hydrogens (tertiary/aromatic N) is 1. The molecule has 1 atom stereocenters. The number of benzene rings is 1. The van der Waals surface area contributed by atoms with E-state index in [1.165, 1.54) is 18.2 Å². The minimum Gasteiger partial charge on any atom is -0.504 e. The van der Waals surface area contributed by atoms with Gasteiger partial charge < -0.3 is 25.1 Å². The van der Waals surface area contributed by atoms with Gasteiger partial charge in [-0.2, -0.15) is 0 Å². The lowest BCUT2D eigenvalue weighted by molar-refractivity contribution is -0.198. The van der Waals surface area contributed by atoms with Gasteiger partial charge in [0.2, 0.25) is 0 Å². The fraction of sp³-hybridized carbons (Fsp3) is 0.444. The normalized spacial score (nSPS) is 15.3. The first-order valence-corrected chi connectivity index (χ1v) is 8.54. The Balaban J connectivity index is 2.17. The number of phenolic OH excluding ortho intramolecular Hbond substituents is 2. The number of rotatable bonds is 5. The summed E-state index contributed by atoms with van der Waals surface area (Å²) in [6, 6.07) is 2.53. The SMILES string of the molecule is CC(C)(C)OC(=O)NC(Cc1ccc(O)c(O)c1)C(=O)ON1C(=O)CCC1=O. The Hall–Kier alpha value is -3.30. The van der Waals surface area contributed by atoms with Crippen molar-refractivity contribution in [3.63, 3.8) is 0 Å². The van der Waals surface area contributed by atoms with E-state index in [2.05, 4.69) is 5.32 Å². The van der Waals surface area contributed by atoms with Crippen LogP contribution in [0, 0.1) is 0 Å². The molecule has 1 aliphatic rings. The van der Waals surface area contributed by atoms with E-state index in [4.69, 9.17) is 9.57 Å². The van der Waals surface area contributed by atoms with Crippen LogP contribution < -0.4 is 5.32 Å². The number of hydrogen-bond donors (Lipinski definition) is 3. The van der Waals surface area contributed by atoms with Gasteiger partial charge in [0.05, 0.1) is 0 Å². The maximum atomic E-state index is 12.5. The second-order valence-electron chi connectivity index (χ2n) is 7.22. The largest absolute Gasteiger partial charge is 0.504 e. The van der Waals surface area contributed by atoms with E-state index in [0.717, 1.165) is 0 Å². The van der Waals surface area contributed by atoms with Crippen molar-refractivity contribution in [2.45, 2.75) is 51.7 Å². The first-order chi connectivity index (χ1) is 13.0. The summed E-state index contributed by atoms with van der Waals surface area (Å²) in [6.45, 7) is 4.92. The maximum Gasteiger partial charge on any atom is 0.408 e. The van der Waals surface area contributed by atoms with E-state index in [-0.39, 0.29) is 25.0 Å². The summed E-state index contributed by atoms with van der Waals surface area (Å²) < 4.78 is 5.12. The van der Waals surface area contributed by atoms with Crippen LogP contribution in [0.4, 0.5) is 4.79 Å². The van der Waals surface area contributed by atoms with Crippen LogP contribution in [0.3, 0.4) is 0 Å². The molecular formula is C18H22N2O8. The molecule has 0 radical (unpaired) electrons. The Kier molecular flexibility index (Phi) is 6.12. The van der Waals surface area contributed by atoms with E-state index in [1.54, 1.807) is 20.8 Å². The molecule has 0 saturated carbocycles. The molecule has 1 aliphatic heterocycles. The van der Waals surface area contributed by atoms with Gasteiger partial charge in [-0.25, -0.2) is 9.59 Å². The minimum absolute atomic E-state index is 0.0674. The Morgan fingerprint density at radius 3 is 2.29 bits per heavy atom. The molecule has 10 nitrogen and oxygen atoms in total. The number of carbonyl (C=O) groups excluding carboxylic acids is 4. The van der Waals surface area contributed by atoms with Crippen molar-refractivity contribution in [1.29, 1.82) is 0 Å². The van der Waals surface area contributed by atoms with Crippen LogP contribution in [0.1, 0.15) is 39.2 Å². The van der Waals surface area contributed by atoms with Gasteiger partial charge in [-0.15, -0.1) is 5.06 Å². The van der Waals surface area contributed by atoms with Crippen LogP contribution in [-0.4, -0.2) is 50.8 Å². The number of alkyl carbamates (subject to hydrolysis) is 1. The Morgan fingerprint density at radius 1 is 1.14 bits per heavy atom. The second kappa shape index (κ2) is 8.15. The third-order valence-electron chi connectivity index (χ3n) is 3.64. The molecule has 2 rings (SSSR count). The molecule has 1 saturated heterocycles. The lowest BCUT2D eigenvalue weighted by Crippen LogP contribution is -2.48. The molecule has 152 valence electrons. The number of phenols is 2. The zero-order valence-electron chi connectivity index (χ0n) is 15.7. The van der Waals surface area contributed by atoms with Gasteiger partial charge >= 0.3 is 12.1 Å². The van der Waals surface area contributed by atoms with Gasteiger partial charge in [-0.1, -0.05) is 6.07 Å². The summed E-state index contributed by atoms with van der Waals surface area (Å²) in [5, 5.41) is 21.7. The fourth-order valence-corrected chi connectivity index (χ4v) is 2.39. The molecular weight excluding hydrogens is 372 g/mol. The third-order valence-corrected chi connectivity index (χ3v) is 3.64. The highest BCUT2D eigenvalue weighted by Crippen LogP contribution is 2.25. The Bertz CT molecular complexity index is 783. The van der Waals surface area contributed by atoms with Crippen LogP contribution in [0.15, 0.2) is 18.2 Å². The predicted octanol–water partition coefficient (Wildman–Crippen LogP) is 1.14. The van der Waals surface area contributed by atoms with Crippen molar-refractivity contribution in [2.75, 3.05) is 0 Å². The standard InChI is InChI=1S/C18H22N2O8/c1-18(2,3)27-17(26)19-11(8-10-4-5-12(21)13(22)9-10)16(25)28-20-14(23)6-7-15(20)24/h4-5,9,11,21-22H,6-8H2,1-3H3,(H,19,26). The highest BCUT2D eigenvalue weighted by molar-refractivity contribution is 6.01. The topological polar surface area (TPSA) is 142 Å². The van der Waals surface area contributed by atoms with Crippen LogP contribution in [0.5, 0.6) is 11.5 Å². The molecule has 28 heavy (non-hydrogen) atoms. The van der Waals surface area contributed by atoms with Gasteiger partial charge in [0.1, 0.15) is 11.6 Å². The van der Waals surface area contributed by atoms with Gasteiger partial charge in [0, 0.05) is 19.3 Å². The van der Waals surface area contributed by atoms with E-state index < -0.39 is 41.3 Å². The van der Waals surface area contributed by atoms with Crippen molar-refractivity contribution in [3.8, 4) is 11.5 Å². The summed E-state index contributed by atoms with van der Waals surface area (Å²) in [5.74, 6) is -3.13. The number of nitrogens with one attached hydrogen (secondary N) is 1. The van der Waals surface area contributed by atoms with Gasteiger partial charge in [0.25, 0.3) is 11.8 Å². The molecule has 0 aromatic heterocycles. The van der Waals surface area contributed by atoms with Crippen molar-refractivity contribution in [2.24, 2.45) is 0 Å².